The van der Waals surface area contributed by atoms with Crippen LogP contribution in [0.2, 0.25) is 0 Å². The summed E-state index contributed by atoms with van der Waals surface area (Å²) in [6, 6.07) is 8.79. The van der Waals surface area contributed by atoms with Gasteiger partial charge in [-0.3, -0.25) is 0 Å². The summed E-state index contributed by atoms with van der Waals surface area (Å²) in [7, 11) is 1.76. The van der Waals surface area contributed by atoms with Crippen molar-refractivity contribution in [2.24, 2.45) is 11.8 Å². The monoisotopic (exact) mass is 275 g/mol. The quantitative estimate of drug-likeness (QED) is 0.821. The van der Waals surface area contributed by atoms with Crippen LogP contribution >= 0.6 is 0 Å². The van der Waals surface area contributed by atoms with Crippen molar-refractivity contribution in [1.82, 2.24) is 5.32 Å². The average Bonchev–Trinajstić information content (AvgIpc) is 2.48. The van der Waals surface area contributed by atoms with E-state index in [4.69, 9.17) is 4.74 Å². The van der Waals surface area contributed by atoms with Crippen molar-refractivity contribution in [3.8, 4) is 5.75 Å². The van der Waals surface area contributed by atoms with Gasteiger partial charge in [0.2, 0.25) is 0 Å². The van der Waals surface area contributed by atoms with Gasteiger partial charge in [0, 0.05) is 11.6 Å². The van der Waals surface area contributed by atoms with Crippen LogP contribution in [0.15, 0.2) is 24.3 Å². The van der Waals surface area contributed by atoms with Crippen LogP contribution in [0.5, 0.6) is 5.75 Å². The number of para-hydroxylation sites is 1. The van der Waals surface area contributed by atoms with Crippen LogP contribution in [0.3, 0.4) is 0 Å². The molecule has 1 aromatic rings. The molecular weight excluding hydrogens is 246 g/mol. The fourth-order valence-electron chi connectivity index (χ4n) is 3.48. The van der Waals surface area contributed by atoms with E-state index in [9.17, 15) is 0 Å². The van der Waals surface area contributed by atoms with E-state index in [1.807, 2.05) is 6.07 Å². The Labute approximate surface area is 123 Å². The molecule has 0 amide bonds. The van der Waals surface area contributed by atoms with Gasteiger partial charge in [-0.25, -0.2) is 0 Å². The number of rotatable bonds is 6. The van der Waals surface area contributed by atoms with E-state index in [0.29, 0.717) is 6.04 Å². The Morgan fingerprint density at radius 3 is 2.80 bits per heavy atom. The van der Waals surface area contributed by atoms with E-state index in [1.165, 1.54) is 31.2 Å². The van der Waals surface area contributed by atoms with Crippen molar-refractivity contribution in [1.29, 1.82) is 0 Å². The summed E-state index contributed by atoms with van der Waals surface area (Å²) in [6.45, 7) is 5.78. The second-order valence-electron chi connectivity index (χ2n) is 6.25. The zero-order chi connectivity index (χ0) is 14.4. The maximum absolute atomic E-state index is 5.50. The van der Waals surface area contributed by atoms with Gasteiger partial charge in [0.05, 0.1) is 7.11 Å². The average molecular weight is 275 g/mol. The van der Waals surface area contributed by atoms with E-state index in [2.05, 4.69) is 37.4 Å². The van der Waals surface area contributed by atoms with Crippen LogP contribution in [0.1, 0.15) is 57.6 Å². The van der Waals surface area contributed by atoms with Crippen molar-refractivity contribution >= 4 is 0 Å². The van der Waals surface area contributed by atoms with E-state index in [1.54, 1.807) is 7.11 Å². The lowest BCUT2D eigenvalue weighted by Crippen LogP contribution is -2.30. The smallest absolute Gasteiger partial charge is 0.123 e. The SMILES string of the molecule is CCC(NCC1CCCC(C)C1)c1ccccc1OC. The standard InChI is InChI=1S/C18H29NO/c1-4-17(16-10-5-6-11-18(16)20-3)19-13-15-9-7-8-14(2)12-15/h5-6,10-11,14-15,17,19H,4,7-9,12-13H2,1-3H3. The molecule has 0 bridgehead atoms. The third-order valence-electron chi connectivity index (χ3n) is 4.62. The molecule has 2 nitrogen and oxygen atoms in total. The van der Waals surface area contributed by atoms with Crippen LogP contribution in [0.25, 0.3) is 0 Å². The summed E-state index contributed by atoms with van der Waals surface area (Å²) in [5, 5.41) is 3.77. The van der Waals surface area contributed by atoms with E-state index < -0.39 is 0 Å². The molecule has 1 saturated carbocycles. The molecule has 0 spiro atoms. The van der Waals surface area contributed by atoms with Crippen LogP contribution in [-0.4, -0.2) is 13.7 Å². The molecule has 0 aromatic heterocycles. The van der Waals surface area contributed by atoms with Gasteiger partial charge in [0.15, 0.2) is 0 Å². The van der Waals surface area contributed by atoms with Gasteiger partial charge in [-0.05, 0) is 43.7 Å². The largest absolute Gasteiger partial charge is 0.496 e. The first-order valence-electron chi connectivity index (χ1n) is 8.10. The molecule has 1 fully saturated rings. The molecule has 1 N–H and O–H groups in total. The zero-order valence-electron chi connectivity index (χ0n) is 13.2. The molecule has 20 heavy (non-hydrogen) atoms. The van der Waals surface area contributed by atoms with Gasteiger partial charge in [-0.15, -0.1) is 0 Å². The van der Waals surface area contributed by atoms with Crippen molar-refractivity contribution in [2.45, 2.75) is 52.0 Å². The predicted molar refractivity (Wildman–Crippen MR) is 85.2 cm³/mol. The highest BCUT2D eigenvalue weighted by molar-refractivity contribution is 5.35. The second-order valence-corrected chi connectivity index (χ2v) is 6.25. The van der Waals surface area contributed by atoms with Crippen molar-refractivity contribution in [3.63, 3.8) is 0 Å². The number of nitrogens with one attached hydrogen (secondary N) is 1. The van der Waals surface area contributed by atoms with Crippen molar-refractivity contribution in [3.05, 3.63) is 29.8 Å². The van der Waals surface area contributed by atoms with Gasteiger partial charge in [-0.2, -0.15) is 0 Å². The maximum atomic E-state index is 5.50. The third kappa shape index (κ3) is 3.99. The molecule has 0 radical (unpaired) electrons. The topological polar surface area (TPSA) is 21.3 Å². The highest BCUT2D eigenvalue weighted by atomic mass is 16.5. The molecule has 1 aliphatic carbocycles. The summed E-state index contributed by atoms with van der Waals surface area (Å²) < 4.78 is 5.50. The van der Waals surface area contributed by atoms with Crippen LogP contribution in [-0.2, 0) is 0 Å². The number of ether oxygens (including phenoxy) is 1. The van der Waals surface area contributed by atoms with Crippen molar-refractivity contribution < 1.29 is 4.74 Å². The first-order valence-corrected chi connectivity index (χ1v) is 8.10. The fraction of sp³-hybridized carbons (Fsp3) is 0.667. The van der Waals surface area contributed by atoms with Gasteiger partial charge in [0.1, 0.15) is 5.75 Å². The molecule has 2 rings (SSSR count). The molecule has 3 atom stereocenters. The molecule has 0 heterocycles. The third-order valence-corrected chi connectivity index (χ3v) is 4.62. The van der Waals surface area contributed by atoms with Crippen LogP contribution < -0.4 is 10.1 Å². The Hall–Kier alpha value is -1.02. The number of hydrogen-bond donors (Lipinski definition) is 1. The van der Waals surface area contributed by atoms with Crippen LogP contribution in [0.4, 0.5) is 0 Å². The molecule has 1 aliphatic rings. The molecule has 3 unspecified atom stereocenters. The first kappa shape index (κ1) is 15.4. The Balaban J connectivity index is 1.95. The summed E-state index contributed by atoms with van der Waals surface area (Å²) in [4.78, 5) is 0. The summed E-state index contributed by atoms with van der Waals surface area (Å²) in [5.74, 6) is 2.76. The lowest BCUT2D eigenvalue weighted by Gasteiger charge is -2.29. The fourth-order valence-corrected chi connectivity index (χ4v) is 3.48. The van der Waals surface area contributed by atoms with Gasteiger partial charge in [0.25, 0.3) is 0 Å². The zero-order valence-corrected chi connectivity index (χ0v) is 13.2. The number of hydrogen-bond acceptors (Lipinski definition) is 2. The predicted octanol–water partition coefficient (Wildman–Crippen LogP) is 4.56. The second kappa shape index (κ2) is 7.68. The summed E-state index contributed by atoms with van der Waals surface area (Å²) >= 11 is 0. The Kier molecular flexibility index (Phi) is 5.90. The minimum atomic E-state index is 0.406. The minimum Gasteiger partial charge on any atom is -0.496 e. The molecular formula is C18H29NO. The van der Waals surface area contributed by atoms with E-state index >= 15 is 0 Å². The van der Waals surface area contributed by atoms with E-state index in [-0.39, 0.29) is 0 Å². The number of methoxy groups -OCH3 is 1. The lowest BCUT2D eigenvalue weighted by atomic mass is 9.82. The van der Waals surface area contributed by atoms with Crippen LogP contribution in [0, 0.1) is 11.8 Å². The van der Waals surface area contributed by atoms with Gasteiger partial charge < -0.3 is 10.1 Å². The number of benzene rings is 1. The highest BCUT2D eigenvalue weighted by Gasteiger charge is 2.20. The normalized spacial score (nSPS) is 24.4. The molecule has 1 aromatic carbocycles. The minimum absolute atomic E-state index is 0.406. The summed E-state index contributed by atoms with van der Waals surface area (Å²) in [5.41, 5.74) is 1.29. The molecule has 0 aliphatic heterocycles. The molecule has 112 valence electrons. The lowest BCUT2D eigenvalue weighted by molar-refractivity contribution is 0.265. The summed E-state index contributed by atoms with van der Waals surface area (Å²) in [6.07, 6.45) is 6.69. The Morgan fingerprint density at radius 1 is 1.30 bits per heavy atom. The van der Waals surface area contributed by atoms with Crippen molar-refractivity contribution in [2.75, 3.05) is 13.7 Å². The van der Waals surface area contributed by atoms with E-state index in [0.717, 1.165) is 30.6 Å². The molecule has 2 heteroatoms. The Bertz CT molecular complexity index is 404. The highest BCUT2D eigenvalue weighted by Crippen LogP contribution is 2.30. The maximum Gasteiger partial charge on any atom is 0.123 e. The molecule has 0 saturated heterocycles. The Morgan fingerprint density at radius 2 is 2.10 bits per heavy atom. The van der Waals surface area contributed by atoms with Gasteiger partial charge >= 0.3 is 0 Å². The first-order chi connectivity index (χ1) is 9.74. The van der Waals surface area contributed by atoms with Gasteiger partial charge in [-0.1, -0.05) is 44.9 Å².